The minimum atomic E-state index is 0.0564. The normalized spacial score (nSPS) is 12.7. The molecule has 0 aromatic carbocycles. The van der Waals surface area contributed by atoms with Crippen molar-refractivity contribution in [3.8, 4) is 0 Å². The van der Waals surface area contributed by atoms with E-state index in [1.165, 1.54) is 0 Å². The van der Waals surface area contributed by atoms with Gasteiger partial charge in [-0.25, -0.2) is 0 Å². The molecule has 60 valence electrons. The van der Waals surface area contributed by atoms with Crippen molar-refractivity contribution in [2.24, 2.45) is 0 Å². The van der Waals surface area contributed by atoms with Crippen molar-refractivity contribution in [3.63, 3.8) is 0 Å². The number of carbonyl (C=O) groups is 1. The maximum atomic E-state index is 10.7. The van der Waals surface area contributed by atoms with Gasteiger partial charge in [0.05, 0.1) is 5.33 Å². The number of hydrogen-bond donors (Lipinski definition) is 1. The predicted molar refractivity (Wildman–Crippen MR) is 49.8 cm³/mol. The fourth-order valence-corrected chi connectivity index (χ4v) is 0.836. The lowest BCUT2D eigenvalue weighted by Gasteiger charge is -2.07. The first-order valence-electron chi connectivity index (χ1n) is 3.06. The molecule has 0 radical (unpaired) electrons. The van der Waals surface area contributed by atoms with Gasteiger partial charge in [0.1, 0.15) is 0 Å². The Morgan fingerprint density at radius 3 is 2.80 bits per heavy atom. The minimum absolute atomic E-state index is 0.0564. The molecule has 0 rings (SSSR count). The number of nitrogens with one attached hydrogen (secondary N) is 1. The van der Waals surface area contributed by atoms with Crippen LogP contribution in [0.25, 0.3) is 0 Å². The highest BCUT2D eigenvalue weighted by molar-refractivity contribution is 9.09. The van der Waals surface area contributed by atoms with E-state index in [1.807, 2.05) is 6.26 Å². The first kappa shape index (κ1) is 10.3. The molecule has 4 heteroatoms. The Balaban J connectivity index is 3.26. The summed E-state index contributed by atoms with van der Waals surface area (Å²) in [6.45, 7) is 2.84. The van der Waals surface area contributed by atoms with Crippen LogP contribution in [0.5, 0.6) is 0 Å². The van der Waals surface area contributed by atoms with E-state index in [0.717, 1.165) is 6.54 Å². The highest BCUT2D eigenvalue weighted by Crippen LogP contribution is 2.02. The van der Waals surface area contributed by atoms with E-state index in [4.69, 9.17) is 0 Å². The molecule has 0 saturated carbocycles. The van der Waals surface area contributed by atoms with Crippen LogP contribution in [0.2, 0.25) is 0 Å². The molecule has 1 unspecified atom stereocenters. The molecule has 0 aliphatic carbocycles. The number of rotatable bonds is 4. The standard InChI is InChI=1S/C6H12BrNOS/c1-5(10-2)4-8-6(9)3-7/h5H,3-4H2,1-2H3,(H,8,9). The first-order valence-corrected chi connectivity index (χ1v) is 5.47. The lowest BCUT2D eigenvalue weighted by atomic mass is 10.4. The number of alkyl halides is 1. The Morgan fingerprint density at radius 2 is 2.40 bits per heavy atom. The van der Waals surface area contributed by atoms with Crippen molar-refractivity contribution >= 4 is 33.6 Å². The van der Waals surface area contributed by atoms with Gasteiger partial charge < -0.3 is 5.32 Å². The maximum absolute atomic E-state index is 10.7. The molecule has 0 aromatic rings. The molecule has 0 heterocycles. The summed E-state index contributed by atoms with van der Waals surface area (Å²) in [7, 11) is 0. The summed E-state index contributed by atoms with van der Waals surface area (Å²) in [6.07, 6.45) is 2.03. The van der Waals surface area contributed by atoms with Gasteiger partial charge in [0, 0.05) is 11.8 Å². The molecule has 1 atom stereocenters. The topological polar surface area (TPSA) is 29.1 Å². The summed E-state index contributed by atoms with van der Waals surface area (Å²) >= 11 is 4.82. The molecule has 0 saturated heterocycles. The average molecular weight is 226 g/mol. The van der Waals surface area contributed by atoms with Gasteiger partial charge in [-0.3, -0.25) is 4.79 Å². The number of hydrogen-bond acceptors (Lipinski definition) is 2. The molecule has 2 nitrogen and oxygen atoms in total. The van der Waals surface area contributed by atoms with Gasteiger partial charge in [-0.1, -0.05) is 22.9 Å². The number of amides is 1. The molecule has 1 N–H and O–H groups in total. The largest absolute Gasteiger partial charge is 0.354 e. The van der Waals surface area contributed by atoms with Gasteiger partial charge in [-0.05, 0) is 6.26 Å². The molecule has 0 fully saturated rings. The van der Waals surface area contributed by atoms with Gasteiger partial charge in [0.25, 0.3) is 0 Å². The van der Waals surface area contributed by atoms with Crippen molar-refractivity contribution in [1.29, 1.82) is 0 Å². The van der Waals surface area contributed by atoms with Gasteiger partial charge in [-0.2, -0.15) is 11.8 Å². The lowest BCUT2D eigenvalue weighted by Crippen LogP contribution is -2.29. The third-order valence-corrected chi connectivity index (χ3v) is 2.59. The van der Waals surface area contributed by atoms with Gasteiger partial charge in [-0.15, -0.1) is 0 Å². The second-order valence-corrected chi connectivity index (χ2v) is 3.82. The fraction of sp³-hybridized carbons (Fsp3) is 0.833. The molecule has 0 bridgehead atoms. The summed E-state index contributed by atoms with van der Waals surface area (Å²) in [4.78, 5) is 10.7. The van der Waals surface area contributed by atoms with E-state index in [2.05, 4.69) is 28.2 Å². The van der Waals surface area contributed by atoms with E-state index in [0.29, 0.717) is 10.6 Å². The Kier molecular flexibility index (Phi) is 6.22. The smallest absolute Gasteiger partial charge is 0.230 e. The summed E-state index contributed by atoms with van der Waals surface area (Å²) < 4.78 is 0. The van der Waals surface area contributed by atoms with Crippen LogP contribution in [0, 0.1) is 0 Å². The molecular formula is C6H12BrNOS. The number of thioether (sulfide) groups is 1. The zero-order chi connectivity index (χ0) is 7.98. The molecule has 0 aliphatic heterocycles. The van der Waals surface area contributed by atoms with E-state index < -0.39 is 0 Å². The van der Waals surface area contributed by atoms with Crippen LogP contribution in [0.4, 0.5) is 0 Å². The van der Waals surface area contributed by atoms with Crippen molar-refractivity contribution in [2.45, 2.75) is 12.2 Å². The lowest BCUT2D eigenvalue weighted by molar-refractivity contribution is -0.118. The van der Waals surface area contributed by atoms with Crippen molar-refractivity contribution in [3.05, 3.63) is 0 Å². The van der Waals surface area contributed by atoms with Crippen molar-refractivity contribution in [2.75, 3.05) is 18.1 Å². The Bertz CT molecular complexity index is 110. The molecule has 1 amide bonds. The van der Waals surface area contributed by atoms with E-state index in [9.17, 15) is 4.79 Å². The predicted octanol–water partition coefficient (Wildman–Crippen LogP) is 1.25. The highest BCUT2D eigenvalue weighted by Gasteiger charge is 2.00. The second-order valence-electron chi connectivity index (χ2n) is 1.98. The highest BCUT2D eigenvalue weighted by atomic mass is 79.9. The molecule has 0 aromatic heterocycles. The molecular weight excluding hydrogens is 214 g/mol. The summed E-state index contributed by atoms with van der Waals surface area (Å²) in [5.41, 5.74) is 0. The van der Waals surface area contributed by atoms with Crippen molar-refractivity contribution in [1.82, 2.24) is 5.32 Å². The van der Waals surface area contributed by atoms with Crippen LogP contribution >= 0.6 is 27.7 Å². The van der Waals surface area contributed by atoms with Crippen LogP contribution in [-0.2, 0) is 4.79 Å². The van der Waals surface area contributed by atoms with Crippen molar-refractivity contribution < 1.29 is 4.79 Å². The van der Waals surface area contributed by atoms with Crippen LogP contribution < -0.4 is 5.32 Å². The monoisotopic (exact) mass is 225 g/mol. The van der Waals surface area contributed by atoms with E-state index in [1.54, 1.807) is 11.8 Å². The summed E-state index contributed by atoms with van der Waals surface area (Å²) in [5.74, 6) is 0.0564. The van der Waals surface area contributed by atoms with Gasteiger partial charge in [0.2, 0.25) is 5.91 Å². The minimum Gasteiger partial charge on any atom is -0.354 e. The summed E-state index contributed by atoms with van der Waals surface area (Å²) in [5, 5.41) is 3.68. The zero-order valence-corrected chi connectivity index (χ0v) is 8.59. The van der Waals surface area contributed by atoms with E-state index in [-0.39, 0.29) is 5.91 Å². The van der Waals surface area contributed by atoms with E-state index >= 15 is 0 Å². The Labute approximate surface area is 74.3 Å². The zero-order valence-electron chi connectivity index (χ0n) is 6.19. The fourth-order valence-electron chi connectivity index (χ4n) is 0.388. The van der Waals surface area contributed by atoms with Crippen LogP contribution in [0.3, 0.4) is 0 Å². The Hall–Kier alpha value is 0.300. The molecule has 0 spiro atoms. The second kappa shape index (κ2) is 6.04. The molecule has 0 aliphatic rings. The number of halogens is 1. The van der Waals surface area contributed by atoms with Crippen LogP contribution in [0.1, 0.15) is 6.92 Å². The van der Waals surface area contributed by atoms with Gasteiger partial charge in [0.15, 0.2) is 0 Å². The molecule has 10 heavy (non-hydrogen) atoms. The SMILES string of the molecule is CSC(C)CNC(=O)CBr. The number of carbonyl (C=O) groups excluding carboxylic acids is 1. The van der Waals surface area contributed by atoms with Crippen LogP contribution in [0.15, 0.2) is 0 Å². The third-order valence-electron chi connectivity index (χ3n) is 1.11. The summed E-state index contributed by atoms with van der Waals surface area (Å²) in [6, 6.07) is 0. The van der Waals surface area contributed by atoms with Crippen LogP contribution in [-0.4, -0.2) is 29.3 Å². The maximum Gasteiger partial charge on any atom is 0.230 e. The average Bonchev–Trinajstić information content (AvgIpc) is 1.99. The van der Waals surface area contributed by atoms with Gasteiger partial charge >= 0.3 is 0 Å². The third kappa shape index (κ3) is 5.11. The quantitative estimate of drug-likeness (QED) is 0.731. The Morgan fingerprint density at radius 1 is 1.80 bits per heavy atom. The first-order chi connectivity index (χ1) is 4.70.